The van der Waals surface area contributed by atoms with Crippen LogP contribution in [0, 0.1) is 0 Å². The lowest BCUT2D eigenvalue weighted by Crippen LogP contribution is -2.07. The molecule has 0 spiro atoms. The van der Waals surface area contributed by atoms with Gasteiger partial charge in [-0.15, -0.1) is 0 Å². The molecule has 0 amide bonds. The van der Waals surface area contributed by atoms with Gasteiger partial charge in [-0.25, -0.2) is 0 Å². The van der Waals surface area contributed by atoms with Crippen LogP contribution in [0.1, 0.15) is 23.6 Å². The second-order valence-corrected chi connectivity index (χ2v) is 5.18. The molecule has 1 N–H and O–H groups in total. The fourth-order valence-electron chi connectivity index (χ4n) is 2.46. The van der Waals surface area contributed by atoms with Crippen LogP contribution in [0.3, 0.4) is 0 Å². The summed E-state index contributed by atoms with van der Waals surface area (Å²) in [5, 5.41) is 4.68. The quantitative estimate of drug-likeness (QED) is 0.556. The maximum absolute atomic E-state index is 4.68. The van der Waals surface area contributed by atoms with Crippen molar-refractivity contribution in [3.63, 3.8) is 0 Å². The molecule has 0 aliphatic carbocycles. The molecule has 0 bridgehead atoms. The molecule has 114 valence electrons. The largest absolute Gasteiger partial charge is 0.278 e. The van der Waals surface area contributed by atoms with Crippen LogP contribution in [0.25, 0.3) is 0 Å². The fourth-order valence-corrected chi connectivity index (χ4v) is 2.46. The molecule has 3 aromatic rings. The third-order valence-electron chi connectivity index (χ3n) is 3.69. The maximum atomic E-state index is 4.68. The van der Waals surface area contributed by atoms with Crippen molar-refractivity contribution >= 4 is 11.4 Å². The summed E-state index contributed by atoms with van der Waals surface area (Å²) in [6.45, 7) is 2.14. The number of nitrogens with zero attached hydrogens (tertiary/aromatic N) is 2. The number of nitrogens with one attached hydrogen (secondary N) is 1. The third kappa shape index (κ3) is 3.64. The highest BCUT2D eigenvalue weighted by molar-refractivity contribution is 6.13. The van der Waals surface area contributed by atoms with Gasteiger partial charge in [-0.2, -0.15) is 5.10 Å². The zero-order valence-corrected chi connectivity index (χ0v) is 13.1. The van der Waals surface area contributed by atoms with Crippen LogP contribution in [-0.2, 0) is 6.42 Å². The Morgan fingerprint density at radius 1 is 0.870 bits per heavy atom. The number of benzene rings is 2. The van der Waals surface area contributed by atoms with E-state index < -0.39 is 0 Å². The molecule has 0 aliphatic heterocycles. The van der Waals surface area contributed by atoms with E-state index in [0.717, 1.165) is 28.9 Å². The first kappa shape index (κ1) is 15.0. The summed E-state index contributed by atoms with van der Waals surface area (Å²) < 4.78 is 0. The molecule has 3 rings (SSSR count). The third-order valence-corrected chi connectivity index (χ3v) is 3.69. The standard InChI is InChI=1S/C20H19N3/c1-2-16-8-6-7-11-19(16)22-23-20(17-9-4-3-5-10-17)18-12-14-21-15-13-18/h3-15,22H,2H2,1H3/b23-20-. The zero-order chi connectivity index (χ0) is 15.9. The zero-order valence-electron chi connectivity index (χ0n) is 13.1. The van der Waals surface area contributed by atoms with Crippen molar-refractivity contribution in [3.8, 4) is 0 Å². The Kier molecular flexibility index (Phi) is 4.79. The van der Waals surface area contributed by atoms with Gasteiger partial charge < -0.3 is 0 Å². The van der Waals surface area contributed by atoms with Gasteiger partial charge in [0.1, 0.15) is 0 Å². The van der Waals surface area contributed by atoms with E-state index in [4.69, 9.17) is 0 Å². The monoisotopic (exact) mass is 301 g/mol. The number of para-hydroxylation sites is 1. The van der Waals surface area contributed by atoms with Crippen LogP contribution in [0.4, 0.5) is 5.69 Å². The Bertz CT molecular complexity index is 739. The average Bonchev–Trinajstić information content (AvgIpc) is 2.64. The van der Waals surface area contributed by atoms with E-state index in [1.54, 1.807) is 12.4 Å². The summed E-state index contributed by atoms with van der Waals surface area (Å²) in [6, 6.07) is 22.4. The van der Waals surface area contributed by atoms with Gasteiger partial charge in [0.15, 0.2) is 0 Å². The van der Waals surface area contributed by atoms with Crippen molar-refractivity contribution < 1.29 is 0 Å². The highest BCUT2D eigenvalue weighted by Crippen LogP contribution is 2.17. The van der Waals surface area contributed by atoms with Crippen molar-refractivity contribution in [1.29, 1.82) is 0 Å². The first-order chi connectivity index (χ1) is 11.4. The topological polar surface area (TPSA) is 37.3 Å². The smallest absolute Gasteiger partial charge is 0.0979 e. The van der Waals surface area contributed by atoms with Gasteiger partial charge in [0.2, 0.25) is 0 Å². The van der Waals surface area contributed by atoms with Gasteiger partial charge in [-0.3, -0.25) is 10.4 Å². The summed E-state index contributed by atoms with van der Waals surface area (Å²) in [7, 11) is 0. The molecule has 0 saturated heterocycles. The number of anilines is 1. The Morgan fingerprint density at radius 2 is 1.52 bits per heavy atom. The Hall–Kier alpha value is -2.94. The lowest BCUT2D eigenvalue weighted by molar-refractivity contribution is 1.13. The average molecular weight is 301 g/mol. The van der Waals surface area contributed by atoms with Crippen molar-refractivity contribution in [1.82, 2.24) is 4.98 Å². The van der Waals surface area contributed by atoms with Crippen LogP contribution in [-0.4, -0.2) is 10.7 Å². The van der Waals surface area contributed by atoms with E-state index in [-0.39, 0.29) is 0 Å². The molecule has 2 aromatic carbocycles. The minimum Gasteiger partial charge on any atom is -0.278 e. The Labute approximate surface area is 136 Å². The van der Waals surface area contributed by atoms with Crippen LogP contribution >= 0.6 is 0 Å². The molecule has 3 nitrogen and oxygen atoms in total. The molecule has 0 saturated carbocycles. The van der Waals surface area contributed by atoms with Crippen molar-refractivity contribution in [2.75, 3.05) is 5.43 Å². The van der Waals surface area contributed by atoms with E-state index in [0.29, 0.717) is 0 Å². The number of aryl methyl sites for hydroxylation is 1. The fraction of sp³-hybridized carbons (Fsp3) is 0.100. The van der Waals surface area contributed by atoms with Gasteiger partial charge in [-0.1, -0.05) is 55.5 Å². The molecule has 0 fully saturated rings. The lowest BCUT2D eigenvalue weighted by Gasteiger charge is -2.10. The van der Waals surface area contributed by atoms with E-state index in [1.807, 2.05) is 36.4 Å². The summed E-state index contributed by atoms with van der Waals surface area (Å²) in [4.78, 5) is 4.09. The SMILES string of the molecule is CCc1ccccc1N/N=C(/c1ccccc1)c1ccncc1. The van der Waals surface area contributed by atoms with Crippen molar-refractivity contribution in [2.24, 2.45) is 5.10 Å². The van der Waals surface area contributed by atoms with Gasteiger partial charge in [0.25, 0.3) is 0 Å². The molecular weight excluding hydrogens is 282 g/mol. The minimum absolute atomic E-state index is 0.902. The predicted octanol–water partition coefficient (Wildman–Crippen LogP) is 4.51. The second-order valence-electron chi connectivity index (χ2n) is 5.18. The molecule has 0 aliphatic rings. The molecule has 0 unspecified atom stereocenters. The van der Waals surface area contributed by atoms with Gasteiger partial charge in [0.05, 0.1) is 11.4 Å². The highest BCUT2D eigenvalue weighted by Gasteiger charge is 2.07. The predicted molar refractivity (Wildman–Crippen MR) is 95.8 cm³/mol. The molecule has 23 heavy (non-hydrogen) atoms. The molecule has 1 heterocycles. The normalized spacial score (nSPS) is 11.3. The minimum atomic E-state index is 0.902. The van der Waals surface area contributed by atoms with Crippen LogP contribution in [0.5, 0.6) is 0 Å². The Morgan fingerprint density at radius 3 is 2.26 bits per heavy atom. The second kappa shape index (κ2) is 7.36. The number of hydrogen-bond acceptors (Lipinski definition) is 3. The first-order valence-electron chi connectivity index (χ1n) is 7.76. The number of hydrogen-bond donors (Lipinski definition) is 1. The number of rotatable bonds is 5. The van der Waals surface area contributed by atoms with E-state index >= 15 is 0 Å². The van der Waals surface area contributed by atoms with Gasteiger partial charge >= 0.3 is 0 Å². The molecule has 3 heteroatoms. The van der Waals surface area contributed by atoms with Crippen LogP contribution < -0.4 is 5.43 Å². The highest BCUT2D eigenvalue weighted by atomic mass is 15.3. The van der Waals surface area contributed by atoms with E-state index in [2.05, 4.69) is 52.8 Å². The van der Waals surface area contributed by atoms with Crippen molar-refractivity contribution in [3.05, 3.63) is 95.8 Å². The van der Waals surface area contributed by atoms with Gasteiger partial charge in [0, 0.05) is 23.5 Å². The first-order valence-corrected chi connectivity index (χ1v) is 7.76. The summed E-state index contributed by atoms with van der Waals surface area (Å²) in [5.74, 6) is 0. The van der Waals surface area contributed by atoms with Crippen LogP contribution in [0.2, 0.25) is 0 Å². The maximum Gasteiger partial charge on any atom is 0.0979 e. The molecular formula is C20H19N3. The van der Waals surface area contributed by atoms with E-state index in [9.17, 15) is 0 Å². The molecule has 0 atom stereocenters. The summed E-state index contributed by atoms with van der Waals surface area (Å²) >= 11 is 0. The number of aromatic nitrogens is 1. The van der Waals surface area contributed by atoms with Gasteiger partial charge in [-0.05, 0) is 30.2 Å². The summed E-state index contributed by atoms with van der Waals surface area (Å²) in [5.41, 5.74) is 8.52. The molecule has 1 aromatic heterocycles. The number of pyridine rings is 1. The molecule has 0 radical (unpaired) electrons. The summed E-state index contributed by atoms with van der Waals surface area (Å²) in [6.07, 6.45) is 4.54. The lowest BCUT2D eigenvalue weighted by atomic mass is 10.0. The van der Waals surface area contributed by atoms with Crippen LogP contribution in [0.15, 0.2) is 84.2 Å². The van der Waals surface area contributed by atoms with E-state index in [1.165, 1.54) is 5.56 Å². The van der Waals surface area contributed by atoms with Crippen molar-refractivity contribution in [2.45, 2.75) is 13.3 Å². The Balaban J connectivity index is 1.99. The number of hydrazone groups is 1.